The summed E-state index contributed by atoms with van der Waals surface area (Å²) < 4.78 is 5.34. The fourth-order valence-electron chi connectivity index (χ4n) is 2.30. The molecule has 2 heterocycles. The topological polar surface area (TPSA) is 59.1 Å². The number of anilines is 1. The third-order valence-electron chi connectivity index (χ3n) is 3.28. The number of fused-ring (bicyclic) bond motifs is 1. The molecule has 1 aliphatic rings. The summed E-state index contributed by atoms with van der Waals surface area (Å²) in [6.07, 6.45) is 3.33. The molecule has 1 aromatic carbocycles. The van der Waals surface area contributed by atoms with Gasteiger partial charge in [0.25, 0.3) is 0 Å². The van der Waals surface area contributed by atoms with Gasteiger partial charge in [-0.2, -0.15) is 4.98 Å². The average molecular weight is 270 g/mol. The highest BCUT2D eigenvalue weighted by molar-refractivity contribution is 5.38. The van der Waals surface area contributed by atoms with Crippen LogP contribution in [0, 0.1) is 0 Å². The normalized spacial score (nSPS) is 13.1. The van der Waals surface area contributed by atoms with E-state index < -0.39 is 0 Å². The largest absolute Gasteiger partial charge is 0.477 e. The van der Waals surface area contributed by atoms with Gasteiger partial charge >= 0.3 is 0 Å². The summed E-state index contributed by atoms with van der Waals surface area (Å²) in [5.41, 5.74) is 4.03. The fourth-order valence-corrected chi connectivity index (χ4v) is 2.30. The van der Waals surface area contributed by atoms with Gasteiger partial charge in [-0.1, -0.05) is 18.2 Å². The van der Waals surface area contributed by atoms with Crippen molar-refractivity contribution in [2.24, 2.45) is 0 Å². The molecule has 104 valence electrons. The maximum atomic E-state index is 5.34. The lowest BCUT2D eigenvalue weighted by atomic mass is 10.1. The third-order valence-corrected chi connectivity index (χ3v) is 3.28. The maximum absolute atomic E-state index is 5.34. The quantitative estimate of drug-likeness (QED) is 0.871. The lowest BCUT2D eigenvalue weighted by Gasteiger charge is -2.08. The van der Waals surface area contributed by atoms with Crippen molar-refractivity contribution in [3.05, 3.63) is 47.3 Å². The predicted molar refractivity (Wildman–Crippen MR) is 77.5 cm³/mol. The Hall–Kier alpha value is -2.14. The van der Waals surface area contributed by atoms with Crippen LogP contribution >= 0.6 is 0 Å². The Bertz CT molecular complexity index is 600. The number of hydrogen-bond acceptors (Lipinski definition) is 5. The molecule has 2 aromatic rings. The van der Waals surface area contributed by atoms with E-state index in [0.717, 1.165) is 25.5 Å². The van der Waals surface area contributed by atoms with Crippen molar-refractivity contribution in [2.75, 3.05) is 11.9 Å². The van der Waals surface area contributed by atoms with E-state index in [2.05, 4.69) is 38.8 Å². The minimum Gasteiger partial charge on any atom is -0.477 e. The molecule has 0 unspecified atom stereocenters. The minimum atomic E-state index is 0.552. The molecule has 5 heteroatoms. The summed E-state index contributed by atoms with van der Waals surface area (Å²) in [7, 11) is 0. The van der Waals surface area contributed by atoms with E-state index >= 15 is 0 Å². The molecular weight excluding hydrogens is 252 g/mol. The van der Waals surface area contributed by atoms with E-state index in [0.29, 0.717) is 12.5 Å². The molecule has 0 aliphatic carbocycles. The number of ether oxygens (including phenoxy) is 1. The highest BCUT2D eigenvalue weighted by Gasteiger charge is 2.09. The first-order valence-electron chi connectivity index (χ1n) is 6.85. The third kappa shape index (κ3) is 2.88. The van der Waals surface area contributed by atoms with Gasteiger partial charge in [-0.05, 0) is 23.6 Å². The molecule has 0 fully saturated rings. The van der Waals surface area contributed by atoms with Gasteiger partial charge in [0.2, 0.25) is 5.88 Å². The second-order valence-electron chi connectivity index (χ2n) is 4.74. The Morgan fingerprint density at radius 3 is 3.05 bits per heavy atom. The summed E-state index contributed by atoms with van der Waals surface area (Å²) >= 11 is 0. The molecule has 2 N–H and O–H groups in total. The van der Waals surface area contributed by atoms with Gasteiger partial charge in [0.15, 0.2) is 0 Å². The Morgan fingerprint density at radius 1 is 1.25 bits per heavy atom. The molecule has 20 heavy (non-hydrogen) atoms. The Labute approximate surface area is 118 Å². The van der Waals surface area contributed by atoms with Gasteiger partial charge in [-0.3, -0.25) is 4.98 Å². The lowest BCUT2D eigenvalue weighted by Crippen LogP contribution is -2.04. The zero-order valence-electron chi connectivity index (χ0n) is 11.5. The predicted octanol–water partition coefficient (Wildman–Crippen LogP) is 2.09. The van der Waals surface area contributed by atoms with Gasteiger partial charge in [0, 0.05) is 19.6 Å². The van der Waals surface area contributed by atoms with Gasteiger partial charge in [-0.25, -0.2) is 0 Å². The minimum absolute atomic E-state index is 0.552. The van der Waals surface area contributed by atoms with Crippen molar-refractivity contribution in [3.8, 4) is 5.88 Å². The molecule has 3 rings (SSSR count). The number of rotatable bonds is 5. The van der Waals surface area contributed by atoms with E-state index in [4.69, 9.17) is 4.74 Å². The molecule has 0 bridgehead atoms. The van der Waals surface area contributed by atoms with Crippen LogP contribution in [0.15, 0.2) is 30.6 Å². The highest BCUT2D eigenvalue weighted by Crippen LogP contribution is 2.18. The first kappa shape index (κ1) is 12.9. The summed E-state index contributed by atoms with van der Waals surface area (Å²) in [5.74, 6) is 1.28. The van der Waals surface area contributed by atoms with Gasteiger partial charge in [0.1, 0.15) is 5.82 Å². The van der Waals surface area contributed by atoms with Crippen molar-refractivity contribution in [1.82, 2.24) is 15.3 Å². The van der Waals surface area contributed by atoms with Crippen LogP contribution in [0.2, 0.25) is 0 Å². The van der Waals surface area contributed by atoms with Crippen LogP contribution in [0.4, 0.5) is 5.82 Å². The van der Waals surface area contributed by atoms with Crippen LogP contribution in [-0.4, -0.2) is 16.6 Å². The Kier molecular flexibility index (Phi) is 3.78. The first-order chi connectivity index (χ1) is 9.85. The van der Waals surface area contributed by atoms with E-state index in [1.54, 1.807) is 12.4 Å². The summed E-state index contributed by atoms with van der Waals surface area (Å²) in [4.78, 5) is 8.46. The second kappa shape index (κ2) is 5.88. The molecule has 5 nitrogen and oxygen atoms in total. The summed E-state index contributed by atoms with van der Waals surface area (Å²) in [6.45, 7) is 5.20. The monoisotopic (exact) mass is 270 g/mol. The van der Waals surface area contributed by atoms with Gasteiger partial charge < -0.3 is 15.4 Å². The number of benzene rings is 1. The first-order valence-corrected chi connectivity index (χ1v) is 6.85. The number of hydrogen-bond donors (Lipinski definition) is 2. The van der Waals surface area contributed by atoms with Crippen LogP contribution in [0.1, 0.15) is 23.6 Å². The highest BCUT2D eigenvalue weighted by atomic mass is 16.5. The van der Waals surface area contributed by atoms with Crippen LogP contribution in [0.25, 0.3) is 0 Å². The van der Waals surface area contributed by atoms with E-state index in [1.807, 2.05) is 6.92 Å². The van der Waals surface area contributed by atoms with Crippen molar-refractivity contribution in [2.45, 2.75) is 26.6 Å². The smallest absolute Gasteiger partial charge is 0.234 e. The molecule has 0 saturated heterocycles. The standard InChI is InChI=1S/C15H18N4O/c1-2-20-15-10-17-9-14(19-15)18-6-11-3-4-12-7-16-8-13(12)5-11/h3-5,9-10,16H,2,6-8H2,1H3,(H,18,19). The van der Waals surface area contributed by atoms with Crippen LogP contribution in [0.5, 0.6) is 5.88 Å². The lowest BCUT2D eigenvalue weighted by molar-refractivity contribution is 0.325. The molecule has 0 atom stereocenters. The molecule has 0 radical (unpaired) electrons. The molecule has 1 aromatic heterocycles. The summed E-state index contributed by atoms with van der Waals surface area (Å²) in [6, 6.07) is 6.58. The SMILES string of the molecule is CCOc1cncc(NCc2ccc3c(c2)CNC3)n1. The van der Waals surface area contributed by atoms with Crippen LogP contribution in [-0.2, 0) is 19.6 Å². The zero-order valence-corrected chi connectivity index (χ0v) is 11.5. The molecule has 0 amide bonds. The van der Waals surface area contributed by atoms with Crippen molar-refractivity contribution in [3.63, 3.8) is 0 Å². The van der Waals surface area contributed by atoms with Crippen LogP contribution in [0.3, 0.4) is 0 Å². The second-order valence-corrected chi connectivity index (χ2v) is 4.74. The Balaban J connectivity index is 1.65. The van der Waals surface area contributed by atoms with E-state index in [-0.39, 0.29) is 0 Å². The van der Waals surface area contributed by atoms with Crippen molar-refractivity contribution >= 4 is 5.82 Å². The molecule has 1 aliphatic heterocycles. The van der Waals surface area contributed by atoms with E-state index in [1.165, 1.54) is 16.7 Å². The van der Waals surface area contributed by atoms with Crippen molar-refractivity contribution in [1.29, 1.82) is 0 Å². The molecule has 0 spiro atoms. The molecular formula is C15H18N4O. The number of nitrogens with zero attached hydrogens (tertiary/aromatic N) is 2. The number of aromatic nitrogens is 2. The van der Waals surface area contributed by atoms with Crippen molar-refractivity contribution < 1.29 is 4.74 Å². The maximum Gasteiger partial charge on any atom is 0.234 e. The average Bonchev–Trinajstić information content (AvgIpc) is 2.93. The zero-order chi connectivity index (χ0) is 13.8. The van der Waals surface area contributed by atoms with Crippen LogP contribution < -0.4 is 15.4 Å². The van der Waals surface area contributed by atoms with Gasteiger partial charge in [-0.15, -0.1) is 0 Å². The number of nitrogens with one attached hydrogen (secondary N) is 2. The van der Waals surface area contributed by atoms with E-state index in [9.17, 15) is 0 Å². The summed E-state index contributed by atoms with van der Waals surface area (Å²) in [5, 5.41) is 6.63. The Morgan fingerprint density at radius 2 is 2.15 bits per heavy atom. The molecule has 0 saturated carbocycles. The fraction of sp³-hybridized carbons (Fsp3) is 0.333. The van der Waals surface area contributed by atoms with Gasteiger partial charge in [0.05, 0.1) is 19.0 Å².